The maximum Gasteiger partial charge on any atom is 0.312 e. The van der Waals surface area contributed by atoms with E-state index in [0.717, 1.165) is 28.0 Å². The highest BCUT2D eigenvalue weighted by molar-refractivity contribution is 5.83. The van der Waals surface area contributed by atoms with E-state index in [-0.39, 0.29) is 25.2 Å². The molecule has 0 unspecified atom stereocenters. The van der Waals surface area contributed by atoms with Gasteiger partial charge in [-0.1, -0.05) is 0 Å². The molecule has 8 heterocycles. The number of imidazole rings is 2. The summed E-state index contributed by atoms with van der Waals surface area (Å²) < 4.78 is 65.2. The molecule has 0 radical (unpaired) electrons. The van der Waals surface area contributed by atoms with E-state index < -0.39 is 12.2 Å². The predicted molar refractivity (Wildman–Crippen MR) is 220 cm³/mol. The van der Waals surface area contributed by atoms with Crippen molar-refractivity contribution in [3.8, 4) is 45.8 Å². The van der Waals surface area contributed by atoms with E-state index in [9.17, 15) is 8.78 Å². The van der Waals surface area contributed by atoms with Crippen LogP contribution in [0.4, 0.5) is 20.4 Å². The summed E-state index contributed by atoms with van der Waals surface area (Å²) in [5.74, 6) is 6.49. The molecule has 0 bridgehead atoms. The first-order chi connectivity index (χ1) is 30.1. The second-order valence-corrected chi connectivity index (χ2v) is 14.5. The number of oxazole rings is 1. The van der Waals surface area contributed by atoms with Crippen LogP contribution in [-0.4, -0.2) is 70.7 Å². The van der Waals surface area contributed by atoms with E-state index >= 15 is 0 Å². The summed E-state index contributed by atoms with van der Waals surface area (Å²) in [7, 11) is 0. The molecular weight excluding hydrogens is 809 g/mol. The lowest BCUT2D eigenvalue weighted by atomic mass is 10.0. The van der Waals surface area contributed by atoms with E-state index in [1.807, 2.05) is 59.4 Å². The van der Waals surface area contributed by atoms with Gasteiger partial charge >= 0.3 is 12.2 Å². The van der Waals surface area contributed by atoms with Gasteiger partial charge in [0.2, 0.25) is 19.5 Å². The molecular formula is C41H41F2N13O6. The van der Waals surface area contributed by atoms with E-state index in [0.29, 0.717) is 126 Å². The maximum absolute atomic E-state index is 13.9. The van der Waals surface area contributed by atoms with Gasteiger partial charge < -0.3 is 59.9 Å². The number of hydrogen-bond donors (Lipinski definition) is 4. The number of aryl methyl sites for hydroxylation is 4. The standard InChI is InChI=1S/C21H21FN6O3.C20H20FN7O3/c1-11-3-4-14(31-11)13-9-16-15(29-10-30-16)7-12(13)8-17-25-18-19(24)26-21(22)27-20(18)28(17)6-2-5-23;1-10-8-24-19(31-10)12-7-14-13(29-9-30-14)5-11(12)6-15-25-16-17(23)26-20(21)27-18(16)28(15)4-2-3-22/h3-4,7,9H,2,5-6,8,10,23H2,1H3,(H2,24,26,27);5,7-8H,2-4,6,9,22H2,1H3,(H2,23,26,27). The molecule has 0 amide bonds. The third-order valence-corrected chi connectivity index (χ3v) is 10.3. The fourth-order valence-corrected chi connectivity index (χ4v) is 7.41. The van der Waals surface area contributed by atoms with E-state index in [1.54, 1.807) is 6.20 Å². The van der Waals surface area contributed by atoms with Crippen LogP contribution in [0.2, 0.25) is 0 Å². The van der Waals surface area contributed by atoms with Crippen LogP contribution < -0.4 is 41.9 Å². The van der Waals surface area contributed by atoms with Gasteiger partial charge in [-0.3, -0.25) is 0 Å². The van der Waals surface area contributed by atoms with Crippen molar-refractivity contribution in [2.75, 3.05) is 38.1 Å². The molecule has 0 fully saturated rings. The summed E-state index contributed by atoms with van der Waals surface area (Å²) in [6.07, 6.45) is 1.99. The van der Waals surface area contributed by atoms with Crippen molar-refractivity contribution in [3.63, 3.8) is 0 Å². The fraction of sp³-hybridized carbons (Fsp3) is 0.293. The second kappa shape index (κ2) is 16.6. The number of fused-ring (bicyclic) bond motifs is 4. The Labute approximate surface area is 351 Å². The monoisotopic (exact) mass is 849 g/mol. The summed E-state index contributed by atoms with van der Waals surface area (Å²) in [4.78, 5) is 28.7. The maximum atomic E-state index is 13.9. The van der Waals surface area contributed by atoms with Crippen molar-refractivity contribution in [2.24, 2.45) is 11.5 Å². The average molecular weight is 850 g/mol. The molecule has 10 rings (SSSR count). The van der Waals surface area contributed by atoms with Gasteiger partial charge in [-0.05, 0) is 87.3 Å². The molecule has 0 saturated carbocycles. The molecule has 0 spiro atoms. The topological polar surface area (TPSA) is 267 Å². The van der Waals surface area contributed by atoms with E-state index in [2.05, 4.69) is 34.9 Å². The first-order valence-electron chi connectivity index (χ1n) is 19.7. The van der Waals surface area contributed by atoms with Gasteiger partial charge in [0.15, 0.2) is 57.0 Å². The van der Waals surface area contributed by atoms with Crippen molar-refractivity contribution < 1.29 is 36.6 Å². The largest absolute Gasteiger partial charge is 0.461 e. The number of ether oxygens (including phenoxy) is 4. The fourth-order valence-electron chi connectivity index (χ4n) is 7.41. The second-order valence-electron chi connectivity index (χ2n) is 14.5. The lowest BCUT2D eigenvalue weighted by molar-refractivity contribution is 0.173. The molecule has 2 aliphatic heterocycles. The SMILES string of the molecule is Cc1ccc(-c2cc3c(cc2Cc2nc4c(N)nc(F)nc4n2CCCN)OCO3)o1.Cc1cnc(-c2cc3c(cc2Cc2nc4c(N)nc(F)nc4n2CCCN)OCO3)o1. The molecule has 0 atom stereocenters. The van der Waals surface area contributed by atoms with Gasteiger partial charge in [0.1, 0.15) is 28.9 Å². The first kappa shape index (κ1) is 40.0. The molecule has 62 heavy (non-hydrogen) atoms. The normalized spacial score (nSPS) is 12.7. The van der Waals surface area contributed by atoms with Crippen LogP contribution in [0.3, 0.4) is 0 Å². The Morgan fingerprint density at radius 2 is 1.11 bits per heavy atom. The highest BCUT2D eigenvalue weighted by atomic mass is 19.1. The Morgan fingerprint density at radius 3 is 1.58 bits per heavy atom. The number of furan rings is 1. The number of anilines is 2. The Morgan fingerprint density at radius 1 is 0.613 bits per heavy atom. The summed E-state index contributed by atoms with van der Waals surface area (Å²) in [6.45, 7) is 5.99. The van der Waals surface area contributed by atoms with Crippen LogP contribution in [-0.2, 0) is 25.9 Å². The van der Waals surface area contributed by atoms with Crippen LogP contribution >= 0.6 is 0 Å². The third-order valence-electron chi connectivity index (χ3n) is 10.3. The van der Waals surface area contributed by atoms with Crippen LogP contribution in [0.15, 0.2) is 51.4 Å². The molecule has 2 aromatic carbocycles. The number of nitrogens with zero attached hydrogens (tertiary/aromatic N) is 9. The number of aromatic nitrogens is 9. The lowest BCUT2D eigenvalue weighted by Gasteiger charge is -2.12. The number of nitrogen functional groups attached to an aromatic ring is 2. The zero-order valence-electron chi connectivity index (χ0n) is 33.7. The summed E-state index contributed by atoms with van der Waals surface area (Å²) >= 11 is 0. The van der Waals surface area contributed by atoms with Crippen LogP contribution in [0.25, 0.3) is 45.1 Å². The summed E-state index contributed by atoms with van der Waals surface area (Å²) in [6, 6.07) is 11.3. The minimum atomic E-state index is -0.899. The number of halogens is 2. The zero-order chi connectivity index (χ0) is 43.1. The van der Waals surface area contributed by atoms with Crippen molar-refractivity contribution in [2.45, 2.75) is 52.6 Å². The van der Waals surface area contributed by atoms with E-state index in [1.165, 1.54) is 0 Å². The van der Waals surface area contributed by atoms with Gasteiger partial charge in [-0.25, -0.2) is 15.0 Å². The number of rotatable bonds is 12. The Hall–Kier alpha value is -7.39. The zero-order valence-corrected chi connectivity index (χ0v) is 33.7. The third kappa shape index (κ3) is 7.73. The molecule has 19 nitrogen and oxygen atoms in total. The quantitative estimate of drug-likeness (QED) is 0.118. The summed E-state index contributed by atoms with van der Waals surface area (Å²) in [5.41, 5.74) is 28.0. The van der Waals surface area contributed by atoms with E-state index in [4.69, 9.17) is 50.7 Å². The number of hydrogen-bond acceptors (Lipinski definition) is 17. The van der Waals surface area contributed by atoms with Gasteiger partial charge in [0.25, 0.3) is 0 Å². The Balaban J connectivity index is 0.000000158. The molecule has 2 aliphatic rings. The highest BCUT2D eigenvalue weighted by Gasteiger charge is 2.25. The summed E-state index contributed by atoms with van der Waals surface area (Å²) in [5, 5.41) is 0. The minimum absolute atomic E-state index is 0.00261. The smallest absolute Gasteiger partial charge is 0.312 e. The van der Waals surface area contributed by atoms with Crippen molar-refractivity contribution >= 4 is 34.0 Å². The van der Waals surface area contributed by atoms with Gasteiger partial charge in [-0.15, -0.1) is 0 Å². The van der Waals surface area contributed by atoms with Gasteiger partial charge in [0.05, 0.1) is 6.20 Å². The Bertz CT molecular complexity index is 2760. The molecule has 8 aromatic rings. The number of benzene rings is 2. The van der Waals surface area contributed by atoms with Crippen molar-refractivity contribution in [3.05, 3.63) is 89.0 Å². The van der Waals surface area contributed by atoms with Crippen LogP contribution in [0.5, 0.6) is 23.0 Å². The Kier molecular flexibility index (Phi) is 10.7. The first-order valence-corrected chi connectivity index (χ1v) is 19.7. The van der Waals surface area contributed by atoms with Gasteiger partial charge in [0, 0.05) is 37.1 Å². The molecule has 320 valence electrons. The molecule has 6 aromatic heterocycles. The highest BCUT2D eigenvalue weighted by Crippen LogP contribution is 2.41. The van der Waals surface area contributed by atoms with Gasteiger partial charge in [-0.2, -0.15) is 28.7 Å². The predicted octanol–water partition coefficient (Wildman–Crippen LogP) is 4.96. The molecule has 0 saturated heterocycles. The minimum Gasteiger partial charge on any atom is -0.461 e. The average Bonchev–Trinajstić information content (AvgIpc) is 4.11. The number of nitrogens with two attached hydrogens (primary N) is 4. The molecule has 0 aliphatic carbocycles. The van der Waals surface area contributed by atoms with Crippen LogP contribution in [0.1, 0.15) is 47.1 Å². The lowest BCUT2D eigenvalue weighted by Crippen LogP contribution is -2.10. The molecule has 8 N–H and O–H groups in total. The van der Waals surface area contributed by atoms with Crippen LogP contribution in [0, 0.1) is 26.0 Å². The molecule has 21 heteroatoms. The van der Waals surface area contributed by atoms with Crippen molar-refractivity contribution in [1.82, 2.24) is 44.0 Å². The van der Waals surface area contributed by atoms with Crippen molar-refractivity contribution in [1.29, 1.82) is 0 Å².